The van der Waals surface area contributed by atoms with Crippen LogP contribution in [-0.4, -0.2) is 142 Å². The van der Waals surface area contributed by atoms with Gasteiger partial charge in [0.25, 0.3) is 0 Å². The largest absolute Gasteiger partial charge is 0.379 e. The fourth-order valence-electron chi connectivity index (χ4n) is 24.9. The summed E-state index contributed by atoms with van der Waals surface area (Å²) in [5, 5.41) is 0. The highest BCUT2D eigenvalue weighted by atomic mass is 16.6. The summed E-state index contributed by atoms with van der Waals surface area (Å²) in [6.45, 7) is 39.0. The summed E-state index contributed by atoms with van der Waals surface area (Å²) in [4.78, 5) is 4.41. The number of fused-ring (bicyclic) bond motifs is 10. The Morgan fingerprint density at radius 3 is 1.18 bits per heavy atom. The average Bonchev–Trinajstić information content (AvgIpc) is 1.67. The normalized spacial score (nSPS) is 29.5. The van der Waals surface area contributed by atoms with Crippen molar-refractivity contribution in [2.24, 2.45) is 92.7 Å². The fourth-order valence-corrected chi connectivity index (χ4v) is 24.9. The minimum Gasteiger partial charge on any atom is -0.379 e. The minimum absolute atomic E-state index is 0.0745. The molecule has 9 nitrogen and oxygen atoms in total. The molecule has 678 valence electrons. The third-order valence-electron chi connectivity index (χ3n) is 31.7. The lowest BCUT2D eigenvalue weighted by atomic mass is 9.47. The molecule has 18 atom stereocenters. The van der Waals surface area contributed by atoms with Gasteiger partial charge in [-0.15, -0.1) is 0 Å². The van der Waals surface area contributed by atoms with Crippen LogP contribution in [0.15, 0.2) is 71.9 Å². The van der Waals surface area contributed by atoms with E-state index in [0.717, 1.165) is 155 Å². The van der Waals surface area contributed by atoms with E-state index in [2.05, 4.69) is 182 Å². The first-order valence-electron chi connectivity index (χ1n) is 51.1. The molecule has 0 amide bonds. The van der Waals surface area contributed by atoms with Crippen molar-refractivity contribution < 1.29 is 33.2 Å². The third-order valence-corrected chi connectivity index (χ3v) is 31.7. The highest BCUT2D eigenvalue weighted by molar-refractivity contribution is 5.27. The van der Waals surface area contributed by atoms with Crippen molar-refractivity contribution in [3.63, 3.8) is 0 Å². The lowest BCUT2D eigenvalue weighted by Gasteiger charge is -2.58. The smallest absolute Gasteiger partial charge is 0.0935 e. The van der Waals surface area contributed by atoms with Crippen LogP contribution in [0, 0.1) is 92.7 Å². The number of ether oxygens (including phenoxy) is 7. The lowest BCUT2D eigenvalue weighted by Crippen LogP contribution is -2.51. The standard InChI is InChI=1S/C54H97NO4.C54H97NO3/c1-9-10-11-12-13-14-15-16-17-18-19-20-21-22-23-24-36-57-43-48(42-55(7)8)59-40-38-56-37-39-58-47-32-34-53(5)46(41-47)28-29-49-51-31-30-50(45(4)27-25-26-44(2)3)54(51,6)35-33-52(49)53;1-9-10-11-12-13-14-15-16-17-18-19-20-21-22-23-24-38-56-43-48(42-55(7)8)58-40-26-25-39-57-47-34-36-53(5)46(41-47)30-31-49-51-33-32-50(45(4)29-27-28-44(2)3)54(51,6)37-35-52(49)53/h13-14,16-17,28,44-45,47-52H,9-12,15,18-27,29-43H2,1-8H3;13-14,16-17,30,44-45,47-52H,9-12,15,18-29,31-43H2,1-8H3/b2*14-13-,17-16-/t45-,47+,48?,49+,50-,51+,52+,53+,54-;45-,47+,48?,49?,50-,51?,52?,53+,54-/m11/s1. The highest BCUT2D eigenvalue weighted by Gasteiger charge is 2.61. The maximum atomic E-state index is 6.59. The van der Waals surface area contributed by atoms with Crippen molar-refractivity contribution in [3.05, 3.63) is 71.9 Å². The Morgan fingerprint density at radius 1 is 0.368 bits per heavy atom. The quantitative estimate of drug-likeness (QED) is 0.0437. The molecule has 0 radical (unpaired) electrons. The molecule has 0 aromatic carbocycles. The Hall–Kier alpha value is -1.92. The molecule has 8 aliphatic rings. The van der Waals surface area contributed by atoms with Gasteiger partial charge >= 0.3 is 0 Å². The second kappa shape index (κ2) is 57.6. The number of nitrogens with zero attached hydrogens (tertiary/aromatic N) is 2. The zero-order valence-corrected chi connectivity index (χ0v) is 80.2. The maximum absolute atomic E-state index is 6.59. The first kappa shape index (κ1) is 102. The summed E-state index contributed by atoms with van der Waals surface area (Å²) in [7, 11) is 8.48. The topological polar surface area (TPSA) is 71.1 Å². The maximum Gasteiger partial charge on any atom is 0.0935 e. The van der Waals surface area contributed by atoms with E-state index in [4.69, 9.17) is 33.2 Å². The van der Waals surface area contributed by atoms with Crippen LogP contribution < -0.4 is 0 Å². The second-order valence-electron chi connectivity index (χ2n) is 42.2. The zero-order chi connectivity index (χ0) is 84.0. The molecular weight excluding hydrogens is 1440 g/mol. The van der Waals surface area contributed by atoms with E-state index in [9.17, 15) is 0 Å². The number of rotatable bonds is 63. The van der Waals surface area contributed by atoms with Gasteiger partial charge in [-0.3, -0.25) is 0 Å². The first-order chi connectivity index (χ1) is 56.7. The van der Waals surface area contributed by atoms with Gasteiger partial charge in [0.1, 0.15) is 0 Å². The Kier molecular flexibility index (Phi) is 50.3. The van der Waals surface area contributed by atoms with Crippen molar-refractivity contribution in [1.82, 2.24) is 9.80 Å². The van der Waals surface area contributed by atoms with E-state index < -0.39 is 0 Å². The Morgan fingerprint density at radius 2 is 0.752 bits per heavy atom. The number of hydrogen-bond donors (Lipinski definition) is 0. The Labute approximate surface area is 726 Å². The summed E-state index contributed by atoms with van der Waals surface area (Å²) in [6, 6.07) is 0. The van der Waals surface area contributed by atoms with Gasteiger partial charge in [-0.1, -0.05) is 271 Å². The van der Waals surface area contributed by atoms with E-state index in [1.165, 1.54) is 263 Å². The van der Waals surface area contributed by atoms with E-state index in [1.54, 1.807) is 11.1 Å². The summed E-state index contributed by atoms with van der Waals surface area (Å²) < 4.78 is 43.8. The molecule has 0 heterocycles. The molecule has 0 N–H and O–H groups in total. The van der Waals surface area contributed by atoms with E-state index >= 15 is 0 Å². The molecule has 6 fully saturated rings. The van der Waals surface area contributed by atoms with Gasteiger partial charge in [-0.2, -0.15) is 0 Å². The monoisotopic (exact) mass is 1630 g/mol. The number of allylic oxidation sites excluding steroid dienone is 10. The van der Waals surface area contributed by atoms with E-state index in [-0.39, 0.29) is 12.2 Å². The van der Waals surface area contributed by atoms with Crippen molar-refractivity contribution >= 4 is 0 Å². The molecule has 0 saturated heterocycles. The van der Waals surface area contributed by atoms with Gasteiger partial charge in [0, 0.05) is 39.5 Å². The molecule has 0 bridgehead atoms. The van der Waals surface area contributed by atoms with Crippen LogP contribution in [0.4, 0.5) is 0 Å². The molecule has 0 aromatic heterocycles. The van der Waals surface area contributed by atoms with Crippen LogP contribution in [0.3, 0.4) is 0 Å². The van der Waals surface area contributed by atoms with E-state index in [1.807, 2.05) is 0 Å². The van der Waals surface area contributed by atoms with Gasteiger partial charge in [0.05, 0.1) is 64.1 Å². The SMILES string of the molecule is CCCCC/C=C\C/C=C\CCCCCCCCOCC(CN(C)C)OCCCCO[C@H]1CC[C@@]2(C)C(=CCC3C2CC[C@@]2(C)C3CC[C@@H]2[C@H](C)CCCC(C)C)C1.CCCCC/C=C\C/C=C\CCCCCCCCOCC(CN(C)C)OCCOCCO[C@H]1CC[C@@]2(C)C(=CC[C@H]3[C@@H]4CC[C@H]([C@H](C)CCCC(C)C)[C@@]4(C)CC[C@@H]32)C1. The predicted octanol–water partition coefficient (Wildman–Crippen LogP) is 29.2. The van der Waals surface area contributed by atoms with Crippen molar-refractivity contribution in [2.75, 3.05) is 107 Å². The second-order valence-corrected chi connectivity index (χ2v) is 42.2. The van der Waals surface area contributed by atoms with Crippen molar-refractivity contribution in [2.45, 2.75) is 416 Å². The molecule has 5 unspecified atom stereocenters. The van der Waals surface area contributed by atoms with Gasteiger partial charge in [0.2, 0.25) is 0 Å². The average molecular weight is 1630 g/mol. The zero-order valence-electron chi connectivity index (χ0n) is 80.2. The molecule has 6 saturated carbocycles. The highest BCUT2D eigenvalue weighted by Crippen LogP contribution is 2.69. The van der Waals surface area contributed by atoms with Gasteiger partial charge in [0.15, 0.2) is 0 Å². The molecule has 8 aliphatic carbocycles. The Bertz CT molecular complexity index is 2730. The summed E-state index contributed by atoms with van der Waals surface area (Å²) in [5.41, 5.74) is 5.42. The summed E-state index contributed by atoms with van der Waals surface area (Å²) in [6.07, 6.45) is 88.2. The molecule has 0 aromatic rings. The van der Waals surface area contributed by atoms with Crippen LogP contribution in [0.2, 0.25) is 0 Å². The van der Waals surface area contributed by atoms with E-state index in [0.29, 0.717) is 73.5 Å². The number of likely N-dealkylation sites (N-methyl/N-ethyl adjacent to an activating group) is 2. The molecule has 117 heavy (non-hydrogen) atoms. The van der Waals surface area contributed by atoms with Gasteiger partial charge in [-0.25, -0.2) is 0 Å². The molecule has 9 heteroatoms. The summed E-state index contributed by atoms with van der Waals surface area (Å²) >= 11 is 0. The van der Waals surface area contributed by atoms with Crippen LogP contribution in [0.1, 0.15) is 391 Å². The van der Waals surface area contributed by atoms with Crippen LogP contribution in [0.25, 0.3) is 0 Å². The molecule has 0 aliphatic heterocycles. The number of hydrogen-bond acceptors (Lipinski definition) is 9. The van der Waals surface area contributed by atoms with Crippen LogP contribution >= 0.6 is 0 Å². The van der Waals surface area contributed by atoms with Gasteiger partial charge in [-0.05, 0) is 313 Å². The van der Waals surface area contributed by atoms with Crippen molar-refractivity contribution in [3.8, 4) is 0 Å². The first-order valence-corrected chi connectivity index (χ1v) is 51.1. The van der Waals surface area contributed by atoms with Crippen molar-refractivity contribution in [1.29, 1.82) is 0 Å². The molecule has 0 spiro atoms. The minimum atomic E-state index is 0.0745. The van der Waals surface area contributed by atoms with Crippen LogP contribution in [0.5, 0.6) is 0 Å². The molecule has 8 rings (SSSR count). The fraction of sp³-hybridized carbons (Fsp3) is 0.889. The number of unbranched alkanes of at least 4 members (excludes halogenated alkanes) is 19. The van der Waals surface area contributed by atoms with Gasteiger partial charge < -0.3 is 43.0 Å². The summed E-state index contributed by atoms with van der Waals surface area (Å²) in [5.74, 6) is 10.8. The van der Waals surface area contributed by atoms with Crippen LogP contribution in [-0.2, 0) is 33.2 Å². The third kappa shape index (κ3) is 35.4. The molecular formula is C108H194N2O7. The predicted molar refractivity (Wildman–Crippen MR) is 503 cm³/mol. The lowest BCUT2D eigenvalue weighted by molar-refractivity contribution is -0.0727. The Balaban J connectivity index is 0.000000323.